The van der Waals surface area contributed by atoms with Crippen LogP contribution in [-0.2, 0) is 19.7 Å². The molecule has 0 saturated carbocycles. The maximum absolute atomic E-state index is 11.8. The largest absolute Gasteiger partial charge is 0.481 e. The Bertz CT molecular complexity index is 663. The van der Waals surface area contributed by atoms with Gasteiger partial charge in [-0.05, 0) is 13.8 Å². The van der Waals surface area contributed by atoms with E-state index in [0.29, 0.717) is 69.9 Å². The van der Waals surface area contributed by atoms with E-state index in [-0.39, 0.29) is 12.5 Å². The lowest BCUT2D eigenvalue weighted by molar-refractivity contribution is -0.142. The summed E-state index contributed by atoms with van der Waals surface area (Å²) in [7, 11) is 0. The molecule has 0 unspecified atom stereocenters. The number of nitrogens with zero attached hydrogens (tertiary/aromatic N) is 4. The Morgan fingerprint density at radius 1 is 1.22 bits per heavy atom. The van der Waals surface area contributed by atoms with Crippen molar-refractivity contribution in [2.75, 3.05) is 69.0 Å². The molecule has 1 atom stereocenters. The third-order valence-electron chi connectivity index (χ3n) is 5.15. The average Bonchev–Trinajstić information content (AvgIpc) is 2.94. The Labute approximate surface area is 158 Å². The number of morpholine rings is 1. The first-order valence-corrected chi connectivity index (χ1v) is 9.30. The molecule has 2 aliphatic heterocycles. The highest BCUT2D eigenvalue weighted by molar-refractivity contribution is 5.82. The molecule has 3 rings (SSSR count). The Balaban J connectivity index is 1.98. The zero-order valence-electron chi connectivity index (χ0n) is 15.9. The van der Waals surface area contributed by atoms with E-state index in [0.717, 1.165) is 0 Å². The minimum absolute atomic E-state index is 0.00178. The predicted molar refractivity (Wildman–Crippen MR) is 99.3 cm³/mol. The summed E-state index contributed by atoms with van der Waals surface area (Å²) in [4.78, 5) is 25.1. The number of rotatable bonds is 5. The fraction of sp³-hybridized carbons (Fsp3) is 0.722. The maximum atomic E-state index is 11.8. The summed E-state index contributed by atoms with van der Waals surface area (Å²) in [6.45, 7) is 8.11. The summed E-state index contributed by atoms with van der Waals surface area (Å²) >= 11 is 0. The van der Waals surface area contributed by atoms with Gasteiger partial charge >= 0.3 is 5.97 Å². The number of aromatic nitrogens is 2. The zero-order chi connectivity index (χ0) is 19.4. The highest BCUT2D eigenvalue weighted by atomic mass is 16.5. The van der Waals surface area contributed by atoms with Crippen molar-refractivity contribution in [3.8, 4) is 0 Å². The van der Waals surface area contributed by atoms with Crippen LogP contribution in [-0.4, -0.2) is 85.4 Å². The highest BCUT2D eigenvalue weighted by Gasteiger charge is 2.35. The van der Waals surface area contributed by atoms with Gasteiger partial charge in [-0.2, -0.15) is 4.98 Å². The molecule has 1 aromatic heterocycles. The van der Waals surface area contributed by atoms with E-state index in [9.17, 15) is 15.0 Å². The van der Waals surface area contributed by atoms with Crippen molar-refractivity contribution in [3.63, 3.8) is 0 Å². The third-order valence-corrected chi connectivity index (χ3v) is 5.15. The quantitative estimate of drug-likeness (QED) is 0.736. The molecule has 0 radical (unpaired) electrons. The minimum Gasteiger partial charge on any atom is -0.481 e. The number of carbonyl (C=O) groups is 1. The van der Waals surface area contributed by atoms with E-state index in [1.54, 1.807) is 20.0 Å². The van der Waals surface area contributed by atoms with Crippen LogP contribution < -0.4 is 9.80 Å². The molecule has 3 heterocycles. The van der Waals surface area contributed by atoms with Crippen LogP contribution in [0.1, 0.15) is 19.4 Å². The lowest BCUT2D eigenvalue weighted by Crippen LogP contribution is -2.41. The number of aliphatic hydroxyl groups is 1. The van der Waals surface area contributed by atoms with Crippen molar-refractivity contribution in [2.45, 2.75) is 19.3 Å². The van der Waals surface area contributed by atoms with Crippen molar-refractivity contribution in [3.05, 3.63) is 11.8 Å². The molecule has 27 heavy (non-hydrogen) atoms. The van der Waals surface area contributed by atoms with E-state index in [4.69, 9.17) is 14.5 Å². The maximum Gasteiger partial charge on any atom is 0.313 e. The molecule has 150 valence electrons. The zero-order valence-corrected chi connectivity index (χ0v) is 15.9. The van der Waals surface area contributed by atoms with E-state index in [2.05, 4.69) is 9.88 Å². The van der Waals surface area contributed by atoms with E-state index in [1.165, 1.54) is 0 Å². The number of anilines is 2. The summed E-state index contributed by atoms with van der Waals surface area (Å²) in [5.74, 6) is 0.252. The number of carboxylic acids is 1. The van der Waals surface area contributed by atoms with Gasteiger partial charge in [0.1, 0.15) is 5.82 Å². The van der Waals surface area contributed by atoms with Gasteiger partial charge in [-0.1, -0.05) is 0 Å². The van der Waals surface area contributed by atoms with Crippen LogP contribution >= 0.6 is 0 Å². The Kier molecular flexibility index (Phi) is 6.13. The second kappa shape index (κ2) is 8.37. The number of carboxylic acid groups (broad SMARTS) is 1. The molecule has 9 heteroatoms. The summed E-state index contributed by atoms with van der Waals surface area (Å²) in [6, 6.07) is 0. The van der Waals surface area contributed by atoms with Gasteiger partial charge in [0.15, 0.2) is 0 Å². The fourth-order valence-corrected chi connectivity index (χ4v) is 3.26. The average molecular weight is 380 g/mol. The van der Waals surface area contributed by atoms with Gasteiger partial charge in [0.2, 0.25) is 5.95 Å². The number of aliphatic hydroxyl groups excluding tert-OH is 1. The summed E-state index contributed by atoms with van der Waals surface area (Å²) < 4.78 is 11.0. The molecule has 0 spiro atoms. The molecule has 0 aliphatic carbocycles. The number of aliphatic carboxylic acids is 1. The van der Waals surface area contributed by atoms with Crippen molar-refractivity contribution < 1.29 is 24.5 Å². The van der Waals surface area contributed by atoms with Crippen LogP contribution in [0.2, 0.25) is 0 Å². The number of hydrogen-bond donors (Lipinski definition) is 2. The standard InChI is InChI=1S/C18H28N4O5/c1-18(2,16(24)25)14-9-19-17(20-15(14)21-3-6-26-7-4-21)22-5-8-27-12-13(10-22)11-23/h9,13,23H,3-8,10-12H2,1-2H3,(H,24,25)/t13-/m0/s1. The lowest BCUT2D eigenvalue weighted by Gasteiger charge is -2.33. The molecule has 1 aromatic rings. The van der Waals surface area contributed by atoms with Gasteiger partial charge in [-0.15, -0.1) is 0 Å². The molecular weight excluding hydrogens is 352 g/mol. The SMILES string of the molecule is CC(C)(C(=O)O)c1cnc(N2CCOC[C@H](CO)C2)nc1N1CCOCC1. The van der Waals surface area contributed by atoms with Crippen molar-refractivity contribution >= 4 is 17.7 Å². The second-order valence-corrected chi connectivity index (χ2v) is 7.51. The van der Waals surface area contributed by atoms with Crippen molar-refractivity contribution in [1.82, 2.24) is 9.97 Å². The van der Waals surface area contributed by atoms with E-state index < -0.39 is 11.4 Å². The normalized spacial score (nSPS) is 21.8. The minimum atomic E-state index is -1.11. The van der Waals surface area contributed by atoms with Gasteiger partial charge in [-0.25, -0.2) is 4.98 Å². The monoisotopic (exact) mass is 380 g/mol. The number of hydrogen-bond acceptors (Lipinski definition) is 8. The third kappa shape index (κ3) is 4.31. The van der Waals surface area contributed by atoms with Crippen LogP contribution in [0.25, 0.3) is 0 Å². The van der Waals surface area contributed by atoms with Crippen LogP contribution in [0, 0.1) is 5.92 Å². The van der Waals surface area contributed by atoms with Crippen LogP contribution in [0.3, 0.4) is 0 Å². The van der Waals surface area contributed by atoms with Gasteiger partial charge in [0.05, 0.1) is 31.8 Å². The molecule has 0 aromatic carbocycles. The first kappa shape index (κ1) is 19.8. The molecule has 2 aliphatic rings. The smallest absolute Gasteiger partial charge is 0.313 e. The molecule has 9 nitrogen and oxygen atoms in total. The van der Waals surface area contributed by atoms with Gasteiger partial charge in [0, 0.05) is 50.5 Å². The lowest BCUT2D eigenvalue weighted by atomic mass is 9.85. The highest BCUT2D eigenvalue weighted by Crippen LogP contribution is 2.32. The molecule has 0 bridgehead atoms. The van der Waals surface area contributed by atoms with Crippen LogP contribution in [0.4, 0.5) is 11.8 Å². The van der Waals surface area contributed by atoms with Crippen LogP contribution in [0.5, 0.6) is 0 Å². The summed E-state index contributed by atoms with van der Waals surface area (Å²) in [5, 5.41) is 19.2. The van der Waals surface area contributed by atoms with E-state index >= 15 is 0 Å². The second-order valence-electron chi connectivity index (χ2n) is 7.51. The van der Waals surface area contributed by atoms with Gasteiger partial charge in [-0.3, -0.25) is 4.79 Å². The molecular formula is C18H28N4O5. The molecule has 2 saturated heterocycles. The van der Waals surface area contributed by atoms with Crippen molar-refractivity contribution in [2.24, 2.45) is 5.92 Å². The van der Waals surface area contributed by atoms with Gasteiger partial charge < -0.3 is 29.5 Å². The Morgan fingerprint density at radius 2 is 1.89 bits per heavy atom. The Morgan fingerprint density at radius 3 is 2.56 bits per heavy atom. The van der Waals surface area contributed by atoms with Crippen LogP contribution in [0.15, 0.2) is 6.20 Å². The van der Waals surface area contributed by atoms with Crippen molar-refractivity contribution in [1.29, 1.82) is 0 Å². The molecule has 0 amide bonds. The first-order chi connectivity index (χ1) is 12.9. The van der Waals surface area contributed by atoms with E-state index in [1.807, 2.05) is 4.90 Å². The topological polar surface area (TPSA) is 108 Å². The van der Waals surface area contributed by atoms with Gasteiger partial charge in [0.25, 0.3) is 0 Å². The summed E-state index contributed by atoms with van der Waals surface area (Å²) in [6.07, 6.45) is 1.63. The Hall–Kier alpha value is -1.97. The first-order valence-electron chi connectivity index (χ1n) is 9.30. The molecule has 2 fully saturated rings. The fourth-order valence-electron chi connectivity index (χ4n) is 3.26. The predicted octanol–water partition coefficient (Wildman–Crippen LogP) is 0.121. The molecule has 2 N–H and O–H groups in total. The number of ether oxygens (including phenoxy) is 2. The summed E-state index contributed by atoms with van der Waals surface area (Å²) in [5.41, 5.74) is -0.521.